The molecule has 0 aromatic heterocycles. The zero-order chi connectivity index (χ0) is 16.7. The Kier molecular flexibility index (Phi) is 5.92. The van der Waals surface area contributed by atoms with E-state index in [9.17, 15) is 9.59 Å². The summed E-state index contributed by atoms with van der Waals surface area (Å²) in [5.74, 6) is -1.23. The summed E-state index contributed by atoms with van der Waals surface area (Å²) in [6, 6.07) is 17.3. The number of carboxylic acids is 1. The molecule has 120 valence electrons. The molecular weight excluding hydrogens is 290 g/mol. The van der Waals surface area contributed by atoms with Crippen molar-refractivity contribution in [1.29, 1.82) is 0 Å². The highest BCUT2D eigenvalue weighted by Gasteiger charge is 2.11. The molecule has 0 aliphatic rings. The largest absolute Gasteiger partial charge is 0.481 e. The van der Waals surface area contributed by atoms with Gasteiger partial charge >= 0.3 is 5.97 Å². The quantitative estimate of drug-likeness (QED) is 0.826. The fraction of sp³-hybridized carbons (Fsp3) is 0.263. The van der Waals surface area contributed by atoms with Gasteiger partial charge in [-0.25, -0.2) is 0 Å². The Morgan fingerprint density at radius 1 is 0.957 bits per heavy atom. The lowest BCUT2D eigenvalue weighted by molar-refractivity contribution is -0.141. The minimum absolute atomic E-state index is 0.0273. The standard InChI is InChI=1S/C19H21NO3/c1-14(19(22)23)11-15-7-9-16(10-8-15)12-18(21)20-13-17-5-3-2-4-6-17/h2-10,14H,11-13H2,1H3,(H,20,21)(H,22,23). The molecule has 0 saturated carbocycles. The molecule has 2 N–H and O–H groups in total. The minimum Gasteiger partial charge on any atom is -0.481 e. The molecule has 4 nitrogen and oxygen atoms in total. The van der Waals surface area contributed by atoms with E-state index in [2.05, 4.69) is 5.32 Å². The molecule has 23 heavy (non-hydrogen) atoms. The van der Waals surface area contributed by atoms with Crippen molar-refractivity contribution in [1.82, 2.24) is 5.32 Å². The Labute approximate surface area is 136 Å². The molecule has 1 unspecified atom stereocenters. The Hall–Kier alpha value is -2.62. The van der Waals surface area contributed by atoms with Crippen LogP contribution in [0.3, 0.4) is 0 Å². The Balaban J connectivity index is 1.83. The van der Waals surface area contributed by atoms with E-state index in [4.69, 9.17) is 5.11 Å². The summed E-state index contributed by atoms with van der Waals surface area (Å²) in [5.41, 5.74) is 2.95. The van der Waals surface area contributed by atoms with Crippen LogP contribution in [-0.4, -0.2) is 17.0 Å². The van der Waals surface area contributed by atoms with Crippen LogP contribution >= 0.6 is 0 Å². The Morgan fingerprint density at radius 3 is 2.17 bits per heavy atom. The number of carbonyl (C=O) groups excluding carboxylic acids is 1. The lowest BCUT2D eigenvalue weighted by Crippen LogP contribution is -2.24. The SMILES string of the molecule is CC(Cc1ccc(CC(=O)NCc2ccccc2)cc1)C(=O)O. The Morgan fingerprint density at radius 2 is 1.57 bits per heavy atom. The van der Waals surface area contributed by atoms with Crippen LogP contribution in [0.1, 0.15) is 23.6 Å². The molecule has 0 spiro atoms. The predicted octanol–water partition coefficient (Wildman–Crippen LogP) is 2.81. The van der Waals surface area contributed by atoms with E-state index in [1.165, 1.54) is 0 Å². The molecule has 1 atom stereocenters. The average Bonchev–Trinajstić information content (AvgIpc) is 2.55. The summed E-state index contributed by atoms with van der Waals surface area (Å²) in [4.78, 5) is 22.8. The van der Waals surface area contributed by atoms with Crippen molar-refractivity contribution in [3.05, 3.63) is 71.3 Å². The average molecular weight is 311 g/mol. The van der Waals surface area contributed by atoms with Crippen LogP contribution in [0.25, 0.3) is 0 Å². The van der Waals surface area contributed by atoms with Gasteiger partial charge in [-0.05, 0) is 23.1 Å². The highest BCUT2D eigenvalue weighted by Crippen LogP contribution is 2.11. The molecule has 1 amide bonds. The first-order valence-electron chi connectivity index (χ1n) is 7.66. The normalized spacial score (nSPS) is 11.7. The lowest BCUT2D eigenvalue weighted by atomic mass is 9.99. The van der Waals surface area contributed by atoms with E-state index in [0.29, 0.717) is 19.4 Å². The third kappa shape index (κ3) is 5.58. The van der Waals surface area contributed by atoms with Crippen molar-refractivity contribution >= 4 is 11.9 Å². The van der Waals surface area contributed by atoms with Gasteiger partial charge < -0.3 is 10.4 Å². The van der Waals surface area contributed by atoms with Gasteiger partial charge in [0, 0.05) is 6.54 Å². The van der Waals surface area contributed by atoms with Crippen LogP contribution in [0.5, 0.6) is 0 Å². The van der Waals surface area contributed by atoms with E-state index < -0.39 is 11.9 Å². The second-order valence-electron chi connectivity index (χ2n) is 5.70. The number of hydrogen-bond acceptors (Lipinski definition) is 2. The predicted molar refractivity (Wildman–Crippen MR) is 88.9 cm³/mol. The van der Waals surface area contributed by atoms with E-state index in [0.717, 1.165) is 16.7 Å². The smallest absolute Gasteiger partial charge is 0.306 e. The molecule has 0 radical (unpaired) electrons. The van der Waals surface area contributed by atoms with Gasteiger partial charge in [-0.1, -0.05) is 61.5 Å². The van der Waals surface area contributed by atoms with E-state index in [1.807, 2.05) is 54.6 Å². The fourth-order valence-corrected chi connectivity index (χ4v) is 2.28. The van der Waals surface area contributed by atoms with Gasteiger partial charge in [-0.2, -0.15) is 0 Å². The minimum atomic E-state index is -0.797. The van der Waals surface area contributed by atoms with Gasteiger partial charge in [-0.15, -0.1) is 0 Å². The van der Waals surface area contributed by atoms with Crippen molar-refractivity contribution in [3.63, 3.8) is 0 Å². The van der Waals surface area contributed by atoms with E-state index in [1.54, 1.807) is 6.92 Å². The molecular formula is C19H21NO3. The van der Waals surface area contributed by atoms with Gasteiger partial charge in [0.15, 0.2) is 0 Å². The number of carboxylic acid groups (broad SMARTS) is 1. The fourth-order valence-electron chi connectivity index (χ4n) is 2.28. The molecule has 0 aliphatic carbocycles. The molecule has 0 bridgehead atoms. The van der Waals surface area contributed by atoms with Gasteiger partial charge in [-0.3, -0.25) is 9.59 Å². The van der Waals surface area contributed by atoms with Crippen LogP contribution in [0.2, 0.25) is 0 Å². The Bertz CT molecular complexity index is 650. The summed E-state index contributed by atoms with van der Waals surface area (Å²) in [7, 11) is 0. The topological polar surface area (TPSA) is 66.4 Å². The van der Waals surface area contributed by atoms with Gasteiger partial charge in [0.25, 0.3) is 0 Å². The zero-order valence-electron chi connectivity index (χ0n) is 13.2. The number of carbonyl (C=O) groups is 2. The number of nitrogens with one attached hydrogen (secondary N) is 1. The second-order valence-corrected chi connectivity index (χ2v) is 5.70. The number of aliphatic carboxylic acids is 1. The van der Waals surface area contributed by atoms with Crippen LogP contribution in [0.4, 0.5) is 0 Å². The molecule has 0 aliphatic heterocycles. The van der Waals surface area contributed by atoms with Crippen LogP contribution < -0.4 is 5.32 Å². The monoisotopic (exact) mass is 311 g/mol. The van der Waals surface area contributed by atoms with Crippen molar-refractivity contribution in [2.45, 2.75) is 26.3 Å². The first kappa shape index (κ1) is 16.7. The third-order valence-corrected chi connectivity index (χ3v) is 3.68. The lowest BCUT2D eigenvalue weighted by Gasteiger charge is -2.08. The van der Waals surface area contributed by atoms with Crippen molar-refractivity contribution in [2.75, 3.05) is 0 Å². The maximum atomic E-state index is 11.9. The number of rotatable bonds is 7. The first-order valence-corrected chi connectivity index (χ1v) is 7.66. The molecule has 4 heteroatoms. The van der Waals surface area contributed by atoms with Gasteiger partial charge in [0.05, 0.1) is 12.3 Å². The van der Waals surface area contributed by atoms with Crippen molar-refractivity contribution in [2.24, 2.45) is 5.92 Å². The zero-order valence-corrected chi connectivity index (χ0v) is 13.2. The number of amides is 1. The first-order chi connectivity index (χ1) is 11.0. The van der Waals surface area contributed by atoms with Crippen LogP contribution in [0.15, 0.2) is 54.6 Å². The highest BCUT2D eigenvalue weighted by molar-refractivity contribution is 5.78. The summed E-state index contributed by atoms with van der Waals surface area (Å²) < 4.78 is 0. The maximum Gasteiger partial charge on any atom is 0.306 e. The van der Waals surface area contributed by atoms with Crippen LogP contribution in [-0.2, 0) is 29.0 Å². The summed E-state index contributed by atoms with van der Waals surface area (Å²) in [6.07, 6.45) is 0.817. The second kappa shape index (κ2) is 8.13. The number of benzene rings is 2. The van der Waals surface area contributed by atoms with Crippen LogP contribution in [0, 0.1) is 5.92 Å². The van der Waals surface area contributed by atoms with E-state index in [-0.39, 0.29) is 5.91 Å². The maximum absolute atomic E-state index is 11.9. The van der Waals surface area contributed by atoms with Gasteiger partial charge in [0.1, 0.15) is 0 Å². The van der Waals surface area contributed by atoms with Crippen molar-refractivity contribution < 1.29 is 14.7 Å². The summed E-state index contributed by atoms with van der Waals surface area (Å²) >= 11 is 0. The molecule has 0 heterocycles. The van der Waals surface area contributed by atoms with E-state index >= 15 is 0 Å². The summed E-state index contributed by atoms with van der Waals surface area (Å²) in [6.45, 7) is 2.21. The van der Waals surface area contributed by atoms with Gasteiger partial charge in [0.2, 0.25) is 5.91 Å². The molecule has 0 fully saturated rings. The number of hydrogen-bond donors (Lipinski definition) is 2. The molecule has 2 rings (SSSR count). The van der Waals surface area contributed by atoms with Crippen molar-refractivity contribution in [3.8, 4) is 0 Å². The third-order valence-electron chi connectivity index (χ3n) is 3.68. The highest BCUT2D eigenvalue weighted by atomic mass is 16.4. The summed E-state index contributed by atoms with van der Waals surface area (Å²) in [5, 5.41) is 11.8. The molecule has 2 aromatic rings. The molecule has 2 aromatic carbocycles. The molecule has 0 saturated heterocycles.